The number of amides is 1. The minimum Gasteiger partial charge on any atom is -0.493 e. The van der Waals surface area contributed by atoms with E-state index in [1.54, 1.807) is 0 Å². The molecule has 1 atom stereocenters. The number of hydrogen-bond acceptors (Lipinski definition) is 3. The summed E-state index contributed by atoms with van der Waals surface area (Å²) in [6, 6.07) is 15.3. The molecular weight excluding hydrogens is 407 g/mol. The Morgan fingerprint density at radius 3 is 2.38 bits per heavy atom. The van der Waals surface area contributed by atoms with Crippen LogP contribution in [0.25, 0.3) is 0 Å². The Labute approximate surface area is 185 Å². The van der Waals surface area contributed by atoms with E-state index in [1.165, 1.54) is 12.8 Å². The Bertz CT molecular complexity index is 775. The SMILES string of the molecule is CC(C)COc1ccc(C(=O)NCC(c2ccccc2Cl)N2CCCC2)cc1.Cl. The smallest absolute Gasteiger partial charge is 0.251 e. The van der Waals surface area contributed by atoms with Gasteiger partial charge in [0.25, 0.3) is 5.91 Å². The third-order valence-corrected chi connectivity index (χ3v) is 5.35. The van der Waals surface area contributed by atoms with Crippen LogP contribution in [0.4, 0.5) is 0 Å². The van der Waals surface area contributed by atoms with E-state index in [9.17, 15) is 4.79 Å². The lowest BCUT2D eigenvalue weighted by Crippen LogP contribution is -2.37. The molecule has 1 unspecified atom stereocenters. The van der Waals surface area contributed by atoms with Gasteiger partial charge in [-0.3, -0.25) is 9.69 Å². The van der Waals surface area contributed by atoms with Gasteiger partial charge in [0, 0.05) is 17.1 Å². The molecule has 1 aliphatic rings. The molecule has 29 heavy (non-hydrogen) atoms. The Balaban J connectivity index is 0.00000300. The molecule has 1 aliphatic heterocycles. The Kier molecular flexibility index (Phi) is 9.28. The molecule has 1 heterocycles. The standard InChI is InChI=1S/C23H29ClN2O2.ClH/c1-17(2)16-28-19-11-9-18(10-12-19)23(27)25-15-22(26-13-5-6-14-26)20-7-3-4-8-21(20)24;/h3-4,7-12,17,22H,5-6,13-16H2,1-2H3,(H,25,27);1H. The van der Waals surface area contributed by atoms with Gasteiger partial charge in [0.05, 0.1) is 12.6 Å². The number of halogens is 2. The first kappa shape index (κ1) is 23.5. The van der Waals surface area contributed by atoms with Crippen molar-refractivity contribution in [3.8, 4) is 5.75 Å². The molecule has 0 aromatic heterocycles. The van der Waals surface area contributed by atoms with Crippen molar-refractivity contribution < 1.29 is 9.53 Å². The van der Waals surface area contributed by atoms with Gasteiger partial charge in [0.2, 0.25) is 0 Å². The summed E-state index contributed by atoms with van der Waals surface area (Å²) in [5.74, 6) is 1.18. The van der Waals surface area contributed by atoms with Crippen LogP contribution in [0.1, 0.15) is 48.7 Å². The van der Waals surface area contributed by atoms with Gasteiger partial charge < -0.3 is 10.1 Å². The van der Waals surface area contributed by atoms with Crippen molar-refractivity contribution in [2.75, 3.05) is 26.2 Å². The predicted octanol–water partition coefficient (Wildman–Crippen LogP) is 5.36. The maximum absolute atomic E-state index is 12.7. The summed E-state index contributed by atoms with van der Waals surface area (Å²) in [6.07, 6.45) is 2.37. The number of likely N-dealkylation sites (tertiary alicyclic amines) is 1. The van der Waals surface area contributed by atoms with Gasteiger partial charge in [-0.05, 0) is 67.7 Å². The second kappa shape index (κ2) is 11.4. The van der Waals surface area contributed by atoms with Gasteiger partial charge >= 0.3 is 0 Å². The average molecular weight is 437 g/mol. The molecule has 0 bridgehead atoms. The maximum atomic E-state index is 12.7. The van der Waals surface area contributed by atoms with Crippen molar-refractivity contribution in [3.63, 3.8) is 0 Å². The fourth-order valence-electron chi connectivity index (χ4n) is 3.49. The van der Waals surface area contributed by atoms with Gasteiger partial charge in [-0.15, -0.1) is 12.4 Å². The van der Waals surface area contributed by atoms with E-state index in [0.717, 1.165) is 29.4 Å². The lowest BCUT2D eigenvalue weighted by molar-refractivity contribution is 0.0938. The molecule has 1 amide bonds. The molecule has 3 rings (SSSR count). The predicted molar refractivity (Wildman–Crippen MR) is 121 cm³/mol. The molecule has 2 aromatic rings. The van der Waals surface area contributed by atoms with Crippen molar-refractivity contribution in [3.05, 3.63) is 64.7 Å². The van der Waals surface area contributed by atoms with Crippen molar-refractivity contribution in [2.45, 2.75) is 32.7 Å². The summed E-state index contributed by atoms with van der Waals surface area (Å²) in [6.45, 7) is 7.49. The zero-order valence-electron chi connectivity index (χ0n) is 17.1. The second-order valence-corrected chi connectivity index (χ2v) is 8.13. The second-order valence-electron chi connectivity index (χ2n) is 7.72. The van der Waals surface area contributed by atoms with E-state index in [1.807, 2.05) is 42.5 Å². The summed E-state index contributed by atoms with van der Waals surface area (Å²) in [5.41, 5.74) is 1.71. The summed E-state index contributed by atoms with van der Waals surface area (Å²) in [4.78, 5) is 15.1. The zero-order chi connectivity index (χ0) is 19.9. The fraction of sp³-hybridized carbons (Fsp3) is 0.435. The number of rotatable bonds is 8. The van der Waals surface area contributed by atoms with Crippen molar-refractivity contribution in [1.82, 2.24) is 10.2 Å². The molecule has 0 saturated carbocycles. The normalized spacial score (nSPS) is 15.0. The monoisotopic (exact) mass is 436 g/mol. The number of carbonyl (C=O) groups is 1. The topological polar surface area (TPSA) is 41.6 Å². The van der Waals surface area contributed by atoms with Gasteiger partial charge in [0.15, 0.2) is 0 Å². The molecule has 1 saturated heterocycles. The Hall–Kier alpha value is -1.75. The van der Waals surface area contributed by atoms with E-state index in [0.29, 0.717) is 24.6 Å². The van der Waals surface area contributed by atoms with E-state index < -0.39 is 0 Å². The molecule has 1 fully saturated rings. The van der Waals surface area contributed by atoms with Crippen LogP contribution in [0.5, 0.6) is 5.75 Å². The van der Waals surface area contributed by atoms with Crippen molar-refractivity contribution in [2.24, 2.45) is 5.92 Å². The number of nitrogens with zero attached hydrogens (tertiary/aromatic N) is 1. The van der Waals surface area contributed by atoms with Crippen molar-refractivity contribution in [1.29, 1.82) is 0 Å². The summed E-state index contributed by atoms with van der Waals surface area (Å²) in [7, 11) is 0. The van der Waals surface area contributed by atoms with Gasteiger partial charge in [-0.25, -0.2) is 0 Å². The quantitative estimate of drug-likeness (QED) is 0.604. The highest BCUT2D eigenvalue weighted by molar-refractivity contribution is 6.31. The lowest BCUT2D eigenvalue weighted by Gasteiger charge is -2.29. The molecular formula is C23H30Cl2N2O2. The molecule has 0 aliphatic carbocycles. The summed E-state index contributed by atoms with van der Waals surface area (Å²) >= 11 is 6.45. The largest absolute Gasteiger partial charge is 0.493 e. The van der Waals surface area contributed by atoms with Crippen LogP contribution in [0.3, 0.4) is 0 Å². The Morgan fingerprint density at radius 1 is 1.10 bits per heavy atom. The van der Waals surface area contributed by atoms with E-state index in [-0.39, 0.29) is 24.4 Å². The number of benzene rings is 2. The summed E-state index contributed by atoms with van der Waals surface area (Å²) in [5, 5.41) is 3.84. The first-order valence-corrected chi connectivity index (χ1v) is 10.4. The molecule has 0 spiro atoms. The minimum atomic E-state index is -0.0772. The van der Waals surface area contributed by atoms with E-state index >= 15 is 0 Å². The Morgan fingerprint density at radius 2 is 1.76 bits per heavy atom. The van der Waals surface area contributed by atoms with Crippen LogP contribution >= 0.6 is 24.0 Å². The number of ether oxygens (including phenoxy) is 1. The van der Waals surface area contributed by atoms with Crippen LogP contribution in [0, 0.1) is 5.92 Å². The molecule has 6 heteroatoms. The third kappa shape index (κ3) is 6.63. The minimum absolute atomic E-state index is 0. The van der Waals surface area contributed by atoms with Crippen LogP contribution in [-0.2, 0) is 0 Å². The van der Waals surface area contributed by atoms with Gasteiger partial charge in [-0.2, -0.15) is 0 Å². The highest BCUT2D eigenvalue weighted by Gasteiger charge is 2.25. The molecule has 4 nitrogen and oxygen atoms in total. The number of nitrogens with one attached hydrogen (secondary N) is 1. The van der Waals surface area contributed by atoms with Gasteiger partial charge in [-0.1, -0.05) is 43.6 Å². The molecule has 0 radical (unpaired) electrons. The lowest BCUT2D eigenvalue weighted by atomic mass is 10.0. The molecule has 158 valence electrons. The molecule has 2 aromatic carbocycles. The van der Waals surface area contributed by atoms with Crippen LogP contribution < -0.4 is 10.1 Å². The van der Waals surface area contributed by atoms with E-state index in [2.05, 4.69) is 30.1 Å². The highest BCUT2D eigenvalue weighted by Crippen LogP contribution is 2.29. The number of carbonyl (C=O) groups excluding carboxylic acids is 1. The van der Waals surface area contributed by atoms with Gasteiger partial charge in [0.1, 0.15) is 5.75 Å². The maximum Gasteiger partial charge on any atom is 0.251 e. The number of hydrogen-bond donors (Lipinski definition) is 1. The highest BCUT2D eigenvalue weighted by atomic mass is 35.5. The van der Waals surface area contributed by atoms with Crippen LogP contribution in [0.15, 0.2) is 48.5 Å². The zero-order valence-corrected chi connectivity index (χ0v) is 18.6. The van der Waals surface area contributed by atoms with Crippen LogP contribution in [0.2, 0.25) is 5.02 Å². The van der Waals surface area contributed by atoms with Crippen LogP contribution in [-0.4, -0.2) is 37.0 Å². The first-order valence-electron chi connectivity index (χ1n) is 10.0. The summed E-state index contributed by atoms with van der Waals surface area (Å²) < 4.78 is 5.69. The third-order valence-electron chi connectivity index (χ3n) is 5.00. The fourth-order valence-corrected chi connectivity index (χ4v) is 3.75. The molecule has 1 N–H and O–H groups in total. The average Bonchev–Trinajstić information content (AvgIpc) is 3.22. The first-order chi connectivity index (χ1) is 13.5. The van der Waals surface area contributed by atoms with E-state index in [4.69, 9.17) is 16.3 Å². The van der Waals surface area contributed by atoms with Crippen molar-refractivity contribution >= 4 is 29.9 Å².